The molecule has 5 rings (SSSR count). The molecule has 0 N–H and O–H groups in total. The average Bonchev–Trinajstić information content (AvgIpc) is 3.52. The standard InChI is InChI=1S/C29H25ClN2O6S/c1-5-37-28(34)25-16(2)31-29-32(26(25)21-14-19(35-3)9-12-23(21)36-4)27(33)24(39-29)15-20-10-11-22(38-20)17-7-6-8-18(30)13-17/h6-15,26H,5H2,1-4H3/b24-15+/t26-/m0/s1. The Balaban J connectivity index is 1.69. The molecule has 0 fully saturated rings. The zero-order valence-electron chi connectivity index (χ0n) is 21.7. The van der Waals surface area contributed by atoms with E-state index in [1.54, 1.807) is 63.4 Å². The van der Waals surface area contributed by atoms with Gasteiger partial charge in [0.2, 0.25) is 0 Å². The lowest BCUT2D eigenvalue weighted by molar-refractivity contribution is -0.139. The number of allylic oxidation sites excluding steroid dienone is 1. The van der Waals surface area contributed by atoms with Gasteiger partial charge in [0.05, 0.1) is 36.6 Å². The highest BCUT2D eigenvalue weighted by atomic mass is 35.5. The smallest absolute Gasteiger partial charge is 0.338 e. The largest absolute Gasteiger partial charge is 0.497 e. The van der Waals surface area contributed by atoms with E-state index < -0.39 is 12.0 Å². The fourth-order valence-electron chi connectivity index (χ4n) is 4.50. The van der Waals surface area contributed by atoms with Crippen LogP contribution in [0.15, 0.2) is 80.1 Å². The van der Waals surface area contributed by atoms with Crippen molar-refractivity contribution >= 4 is 35.0 Å². The maximum absolute atomic E-state index is 13.9. The molecular formula is C29H25ClN2O6S. The monoisotopic (exact) mass is 564 g/mol. The van der Waals surface area contributed by atoms with Crippen LogP contribution < -0.4 is 24.4 Å². The number of carbonyl (C=O) groups excluding carboxylic acids is 1. The first-order valence-electron chi connectivity index (χ1n) is 12.1. The number of hydrogen-bond donors (Lipinski definition) is 0. The Morgan fingerprint density at radius 1 is 1.15 bits per heavy atom. The van der Waals surface area contributed by atoms with Crippen LogP contribution in [0.1, 0.15) is 31.2 Å². The number of aromatic nitrogens is 1. The predicted molar refractivity (Wildman–Crippen MR) is 149 cm³/mol. The van der Waals surface area contributed by atoms with E-state index in [-0.39, 0.29) is 17.7 Å². The molecular weight excluding hydrogens is 540 g/mol. The zero-order chi connectivity index (χ0) is 27.7. The molecule has 200 valence electrons. The van der Waals surface area contributed by atoms with Gasteiger partial charge in [-0.25, -0.2) is 9.79 Å². The maximum Gasteiger partial charge on any atom is 0.338 e. The number of esters is 1. The molecule has 8 nitrogen and oxygen atoms in total. The highest BCUT2D eigenvalue weighted by molar-refractivity contribution is 7.07. The van der Waals surface area contributed by atoms with Crippen LogP contribution in [0.2, 0.25) is 5.02 Å². The van der Waals surface area contributed by atoms with E-state index in [9.17, 15) is 9.59 Å². The highest BCUT2D eigenvalue weighted by Gasteiger charge is 2.35. The minimum absolute atomic E-state index is 0.176. The molecule has 0 spiro atoms. The fourth-order valence-corrected chi connectivity index (χ4v) is 5.71. The molecule has 0 aliphatic carbocycles. The number of fused-ring (bicyclic) bond motifs is 1. The van der Waals surface area contributed by atoms with E-state index in [2.05, 4.69) is 4.99 Å². The van der Waals surface area contributed by atoms with Crippen LogP contribution in [0.4, 0.5) is 0 Å². The molecule has 1 aliphatic rings. The van der Waals surface area contributed by atoms with Gasteiger partial charge in [-0.05, 0) is 56.3 Å². The molecule has 0 saturated carbocycles. The van der Waals surface area contributed by atoms with Crippen LogP contribution in [-0.2, 0) is 9.53 Å². The lowest BCUT2D eigenvalue weighted by Gasteiger charge is -2.26. The van der Waals surface area contributed by atoms with Gasteiger partial charge >= 0.3 is 5.97 Å². The van der Waals surface area contributed by atoms with Gasteiger partial charge in [-0.15, -0.1) is 0 Å². The average molecular weight is 565 g/mol. The number of rotatable bonds is 7. The lowest BCUT2D eigenvalue weighted by atomic mass is 9.95. The van der Waals surface area contributed by atoms with Crippen molar-refractivity contribution in [3.8, 4) is 22.8 Å². The molecule has 0 unspecified atom stereocenters. The zero-order valence-corrected chi connectivity index (χ0v) is 23.3. The van der Waals surface area contributed by atoms with Crippen LogP contribution in [0.5, 0.6) is 11.5 Å². The number of furan rings is 1. The van der Waals surface area contributed by atoms with Gasteiger partial charge in [-0.3, -0.25) is 9.36 Å². The second-order valence-electron chi connectivity index (χ2n) is 8.62. The first kappa shape index (κ1) is 26.5. The van der Waals surface area contributed by atoms with E-state index in [1.807, 2.05) is 18.2 Å². The quantitative estimate of drug-likeness (QED) is 0.301. The van der Waals surface area contributed by atoms with Crippen molar-refractivity contribution in [3.05, 3.63) is 102 Å². The third kappa shape index (κ3) is 5.03. The molecule has 0 radical (unpaired) electrons. The molecule has 4 aromatic rings. The molecule has 0 bridgehead atoms. The van der Waals surface area contributed by atoms with Gasteiger partial charge in [-0.1, -0.05) is 35.1 Å². The van der Waals surface area contributed by atoms with Crippen molar-refractivity contribution in [1.82, 2.24) is 4.57 Å². The molecule has 3 heterocycles. The van der Waals surface area contributed by atoms with E-state index in [0.29, 0.717) is 48.6 Å². The number of methoxy groups -OCH3 is 2. The summed E-state index contributed by atoms with van der Waals surface area (Å²) in [7, 11) is 3.08. The predicted octanol–water partition coefficient (Wildman–Crippen LogP) is 4.73. The summed E-state index contributed by atoms with van der Waals surface area (Å²) < 4.78 is 24.3. The van der Waals surface area contributed by atoms with E-state index >= 15 is 0 Å². The summed E-state index contributed by atoms with van der Waals surface area (Å²) in [6.45, 7) is 3.63. The summed E-state index contributed by atoms with van der Waals surface area (Å²) in [6.07, 6.45) is 1.67. The van der Waals surface area contributed by atoms with Gasteiger partial charge in [0.1, 0.15) is 29.1 Å². The van der Waals surface area contributed by atoms with Gasteiger partial charge in [-0.2, -0.15) is 0 Å². The minimum atomic E-state index is -0.842. The molecule has 2 aromatic carbocycles. The third-order valence-electron chi connectivity index (χ3n) is 6.26. The van der Waals surface area contributed by atoms with Crippen molar-refractivity contribution in [2.45, 2.75) is 19.9 Å². The van der Waals surface area contributed by atoms with E-state index in [0.717, 1.165) is 5.56 Å². The molecule has 1 aliphatic heterocycles. The lowest BCUT2D eigenvalue weighted by Crippen LogP contribution is -2.40. The molecule has 1 atom stereocenters. The summed E-state index contributed by atoms with van der Waals surface area (Å²) in [5, 5.41) is 0.597. The molecule has 0 amide bonds. The number of ether oxygens (including phenoxy) is 3. The van der Waals surface area contributed by atoms with Crippen molar-refractivity contribution < 1.29 is 23.4 Å². The van der Waals surface area contributed by atoms with Gasteiger partial charge in [0, 0.05) is 22.2 Å². The molecule has 39 heavy (non-hydrogen) atoms. The summed E-state index contributed by atoms with van der Waals surface area (Å²) in [4.78, 5) is 32.1. The first-order valence-corrected chi connectivity index (χ1v) is 13.3. The van der Waals surface area contributed by atoms with Gasteiger partial charge in [0.25, 0.3) is 5.56 Å². The molecule has 10 heteroatoms. The summed E-state index contributed by atoms with van der Waals surface area (Å²) in [5.74, 6) is 1.60. The molecule has 0 saturated heterocycles. The Bertz CT molecular complexity index is 1780. The first-order chi connectivity index (χ1) is 18.8. The second-order valence-corrected chi connectivity index (χ2v) is 10.1. The van der Waals surface area contributed by atoms with Crippen LogP contribution in [0.3, 0.4) is 0 Å². The third-order valence-corrected chi connectivity index (χ3v) is 7.48. The van der Waals surface area contributed by atoms with Gasteiger partial charge < -0.3 is 18.6 Å². The topological polar surface area (TPSA) is 92.3 Å². The van der Waals surface area contributed by atoms with Crippen LogP contribution in [0.25, 0.3) is 17.4 Å². The Morgan fingerprint density at radius 2 is 1.97 bits per heavy atom. The number of carbonyl (C=O) groups is 1. The maximum atomic E-state index is 13.9. The van der Waals surface area contributed by atoms with Crippen molar-refractivity contribution in [1.29, 1.82) is 0 Å². The summed E-state index contributed by atoms with van der Waals surface area (Å²) in [6, 6.07) is 15.3. The number of nitrogens with zero attached hydrogens (tertiary/aromatic N) is 2. The van der Waals surface area contributed by atoms with Gasteiger partial charge in [0.15, 0.2) is 4.80 Å². The minimum Gasteiger partial charge on any atom is -0.497 e. The van der Waals surface area contributed by atoms with E-state index in [4.69, 9.17) is 30.2 Å². The fraction of sp³-hybridized carbons (Fsp3) is 0.207. The Morgan fingerprint density at radius 3 is 2.69 bits per heavy atom. The highest BCUT2D eigenvalue weighted by Crippen LogP contribution is 2.37. The van der Waals surface area contributed by atoms with Crippen molar-refractivity contribution in [3.63, 3.8) is 0 Å². The molecule has 2 aromatic heterocycles. The number of thiazole rings is 1. The number of hydrogen-bond acceptors (Lipinski definition) is 8. The van der Waals surface area contributed by atoms with Crippen molar-refractivity contribution in [2.75, 3.05) is 20.8 Å². The Kier molecular flexibility index (Phi) is 7.45. The van der Waals surface area contributed by atoms with Crippen molar-refractivity contribution in [2.24, 2.45) is 4.99 Å². The van der Waals surface area contributed by atoms with Crippen LogP contribution >= 0.6 is 22.9 Å². The second kappa shape index (κ2) is 11.0. The van der Waals surface area contributed by atoms with Crippen LogP contribution in [-0.4, -0.2) is 31.4 Å². The number of benzene rings is 2. The van der Waals surface area contributed by atoms with E-state index in [1.165, 1.54) is 23.0 Å². The number of halogens is 1. The Labute approximate surface area is 233 Å². The Hall–Kier alpha value is -4.08. The van der Waals surface area contributed by atoms with Crippen LogP contribution in [0, 0.1) is 0 Å². The SMILES string of the molecule is CCOC(=O)C1=C(C)N=c2s/c(=C/c3ccc(-c4cccc(Cl)c4)o3)c(=O)n2[C@H]1c1cc(OC)ccc1OC. The summed E-state index contributed by atoms with van der Waals surface area (Å²) in [5.41, 5.74) is 1.77. The summed E-state index contributed by atoms with van der Waals surface area (Å²) >= 11 is 7.33. The normalized spacial score (nSPS) is 15.1.